The van der Waals surface area contributed by atoms with Crippen LogP contribution in [0, 0.1) is 17.0 Å². The van der Waals surface area contributed by atoms with Gasteiger partial charge in [-0.15, -0.1) is 0 Å². The molecule has 0 aliphatic heterocycles. The fraction of sp³-hybridized carbons (Fsp3) is 0.136. The number of carbonyl (C=O) groups is 1. The first kappa shape index (κ1) is 20.0. The van der Waals surface area contributed by atoms with E-state index in [-0.39, 0.29) is 23.8 Å². The van der Waals surface area contributed by atoms with Crippen molar-refractivity contribution in [2.45, 2.75) is 6.92 Å². The third-order valence-electron chi connectivity index (χ3n) is 4.29. The van der Waals surface area contributed by atoms with Gasteiger partial charge in [0.2, 0.25) is 5.78 Å². The van der Waals surface area contributed by atoms with Crippen LogP contribution in [-0.4, -0.2) is 24.6 Å². The first-order valence-electron chi connectivity index (χ1n) is 8.78. The van der Waals surface area contributed by atoms with Crippen molar-refractivity contribution >= 4 is 23.6 Å². The molecule has 0 N–H and O–H groups in total. The molecule has 0 saturated carbocycles. The fourth-order valence-corrected chi connectivity index (χ4v) is 2.85. The number of methoxy groups -OCH3 is 1. The standard InChI is InChI=1S/C22H19NO6/c1-15-16(12-13-28-15)8-9-18-10-11-19(23(25)26)20(22(18)29-14-27-2)21(24)17-6-4-3-5-7-17/h3-13H,14H2,1-2H3/b9-8+. The summed E-state index contributed by atoms with van der Waals surface area (Å²) in [5, 5.41) is 11.6. The highest BCUT2D eigenvalue weighted by Gasteiger charge is 2.28. The summed E-state index contributed by atoms with van der Waals surface area (Å²) >= 11 is 0. The van der Waals surface area contributed by atoms with E-state index in [1.165, 1.54) is 19.2 Å². The van der Waals surface area contributed by atoms with E-state index in [0.29, 0.717) is 11.1 Å². The van der Waals surface area contributed by atoms with E-state index >= 15 is 0 Å². The second-order valence-corrected chi connectivity index (χ2v) is 6.15. The van der Waals surface area contributed by atoms with Crippen LogP contribution in [0.15, 0.2) is 59.2 Å². The van der Waals surface area contributed by atoms with Crippen LogP contribution in [0.1, 0.15) is 32.8 Å². The number of furan rings is 1. The largest absolute Gasteiger partial charge is 0.469 e. The number of rotatable bonds is 8. The zero-order chi connectivity index (χ0) is 20.8. The van der Waals surface area contributed by atoms with E-state index in [1.807, 2.05) is 6.92 Å². The van der Waals surface area contributed by atoms with Gasteiger partial charge in [0, 0.05) is 29.9 Å². The fourth-order valence-electron chi connectivity index (χ4n) is 2.85. The van der Waals surface area contributed by atoms with E-state index in [0.717, 1.165) is 11.3 Å². The summed E-state index contributed by atoms with van der Waals surface area (Å²) in [6.07, 6.45) is 5.07. The molecule has 0 fully saturated rings. The molecule has 0 unspecified atom stereocenters. The molecule has 29 heavy (non-hydrogen) atoms. The minimum absolute atomic E-state index is 0.0901. The van der Waals surface area contributed by atoms with E-state index in [4.69, 9.17) is 13.9 Å². The number of benzene rings is 2. The van der Waals surface area contributed by atoms with Gasteiger partial charge in [0.05, 0.1) is 11.2 Å². The van der Waals surface area contributed by atoms with Gasteiger partial charge in [0.25, 0.3) is 5.69 Å². The molecule has 1 heterocycles. The molecule has 7 nitrogen and oxygen atoms in total. The summed E-state index contributed by atoms with van der Waals surface area (Å²) in [4.78, 5) is 24.2. The van der Waals surface area contributed by atoms with Gasteiger partial charge in [-0.25, -0.2) is 0 Å². The molecule has 0 saturated heterocycles. The quantitative estimate of drug-likeness (QED) is 0.234. The van der Waals surface area contributed by atoms with Crippen LogP contribution in [0.2, 0.25) is 0 Å². The third-order valence-corrected chi connectivity index (χ3v) is 4.29. The van der Waals surface area contributed by atoms with Crippen molar-refractivity contribution < 1.29 is 23.6 Å². The van der Waals surface area contributed by atoms with Crippen LogP contribution in [0.5, 0.6) is 5.75 Å². The van der Waals surface area contributed by atoms with Gasteiger partial charge in [0.1, 0.15) is 17.1 Å². The summed E-state index contributed by atoms with van der Waals surface area (Å²) < 4.78 is 15.9. The van der Waals surface area contributed by atoms with E-state index < -0.39 is 10.7 Å². The summed E-state index contributed by atoms with van der Waals surface area (Å²) in [7, 11) is 1.43. The molecule has 0 amide bonds. The number of carbonyl (C=O) groups excluding carboxylic acids is 1. The topological polar surface area (TPSA) is 91.8 Å². The Bertz CT molecular complexity index is 1050. The lowest BCUT2D eigenvalue weighted by atomic mass is 9.97. The molecule has 3 aromatic rings. The molecule has 3 rings (SSSR count). The van der Waals surface area contributed by atoms with E-state index in [9.17, 15) is 14.9 Å². The lowest BCUT2D eigenvalue weighted by molar-refractivity contribution is -0.385. The van der Waals surface area contributed by atoms with E-state index in [1.54, 1.807) is 54.8 Å². The molecular formula is C22H19NO6. The molecule has 0 bridgehead atoms. The second-order valence-electron chi connectivity index (χ2n) is 6.15. The Hall–Kier alpha value is -3.71. The zero-order valence-corrected chi connectivity index (χ0v) is 16.0. The number of nitrogens with zero attached hydrogens (tertiary/aromatic N) is 1. The van der Waals surface area contributed by atoms with Crippen LogP contribution in [0.25, 0.3) is 12.2 Å². The summed E-state index contributed by atoms with van der Waals surface area (Å²) in [6.45, 7) is 1.66. The minimum atomic E-state index is -0.594. The summed E-state index contributed by atoms with van der Waals surface area (Å²) in [5.41, 5.74) is 1.22. The zero-order valence-electron chi connectivity index (χ0n) is 16.0. The predicted molar refractivity (Wildman–Crippen MR) is 108 cm³/mol. The highest BCUT2D eigenvalue weighted by Crippen LogP contribution is 2.35. The Kier molecular flexibility index (Phi) is 6.21. The van der Waals surface area contributed by atoms with Gasteiger partial charge >= 0.3 is 0 Å². The first-order valence-corrected chi connectivity index (χ1v) is 8.78. The Morgan fingerprint density at radius 1 is 1.10 bits per heavy atom. The molecule has 0 spiro atoms. The Balaban J connectivity index is 2.17. The maximum Gasteiger partial charge on any atom is 0.284 e. The highest BCUT2D eigenvalue weighted by atomic mass is 16.7. The van der Waals surface area contributed by atoms with Crippen LogP contribution in [-0.2, 0) is 4.74 Å². The van der Waals surface area contributed by atoms with Crippen molar-refractivity contribution in [2.24, 2.45) is 0 Å². The molecule has 0 atom stereocenters. The maximum atomic E-state index is 13.1. The van der Waals surface area contributed by atoms with Crippen molar-refractivity contribution in [3.05, 3.63) is 92.9 Å². The molecule has 1 aromatic heterocycles. The number of aryl methyl sites for hydroxylation is 1. The maximum absolute atomic E-state index is 13.1. The van der Waals surface area contributed by atoms with Gasteiger partial charge < -0.3 is 13.9 Å². The van der Waals surface area contributed by atoms with Crippen molar-refractivity contribution in [1.82, 2.24) is 0 Å². The van der Waals surface area contributed by atoms with Gasteiger partial charge in [0.15, 0.2) is 6.79 Å². The van der Waals surface area contributed by atoms with Crippen LogP contribution >= 0.6 is 0 Å². The normalized spacial score (nSPS) is 11.0. The first-order chi connectivity index (χ1) is 14.0. The SMILES string of the molecule is COCOc1c(/C=C/c2ccoc2C)ccc([N+](=O)[O-])c1C(=O)c1ccccc1. The number of nitro benzene ring substituents is 1. The Morgan fingerprint density at radius 3 is 2.45 bits per heavy atom. The molecule has 2 aromatic carbocycles. The Labute approximate surface area is 167 Å². The van der Waals surface area contributed by atoms with Crippen LogP contribution in [0.4, 0.5) is 5.69 Å². The minimum Gasteiger partial charge on any atom is -0.469 e. The monoisotopic (exact) mass is 393 g/mol. The number of ether oxygens (including phenoxy) is 2. The van der Waals surface area contributed by atoms with Gasteiger partial charge in [-0.1, -0.05) is 42.5 Å². The van der Waals surface area contributed by atoms with Crippen LogP contribution in [0.3, 0.4) is 0 Å². The highest BCUT2D eigenvalue weighted by molar-refractivity contribution is 6.14. The van der Waals surface area contributed by atoms with Crippen LogP contribution < -0.4 is 4.74 Å². The van der Waals surface area contributed by atoms with E-state index in [2.05, 4.69) is 0 Å². The lowest BCUT2D eigenvalue weighted by Gasteiger charge is -2.14. The molecule has 0 radical (unpaired) electrons. The summed E-state index contributed by atoms with van der Waals surface area (Å²) in [6, 6.07) is 13.0. The van der Waals surface area contributed by atoms with Gasteiger partial charge in [-0.2, -0.15) is 0 Å². The Morgan fingerprint density at radius 2 is 1.83 bits per heavy atom. The molecule has 148 valence electrons. The summed E-state index contributed by atoms with van der Waals surface area (Å²) in [5.74, 6) is 0.313. The molecular weight excluding hydrogens is 374 g/mol. The van der Waals surface area contributed by atoms with Crippen molar-refractivity contribution in [1.29, 1.82) is 0 Å². The number of hydrogen-bond donors (Lipinski definition) is 0. The smallest absolute Gasteiger partial charge is 0.284 e. The third kappa shape index (κ3) is 4.41. The van der Waals surface area contributed by atoms with Crippen molar-refractivity contribution in [2.75, 3.05) is 13.9 Å². The number of ketones is 1. The molecule has 7 heteroatoms. The number of nitro groups is 1. The molecule has 0 aliphatic carbocycles. The average molecular weight is 393 g/mol. The van der Waals surface area contributed by atoms with Gasteiger partial charge in [-0.3, -0.25) is 14.9 Å². The van der Waals surface area contributed by atoms with Gasteiger partial charge in [-0.05, 0) is 19.1 Å². The molecule has 0 aliphatic rings. The number of hydrogen-bond acceptors (Lipinski definition) is 6. The predicted octanol–water partition coefficient (Wildman–Crippen LogP) is 4.88. The lowest BCUT2D eigenvalue weighted by Crippen LogP contribution is -2.11. The van der Waals surface area contributed by atoms with Crippen molar-refractivity contribution in [3.63, 3.8) is 0 Å². The average Bonchev–Trinajstić information content (AvgIpc) is 3.15. The van der Waals surface area contributed by atoms with Crippen molar-refractivity contribution in [3.8, 4) is 5.75 Å². The second kappa shape index (κ2) is 8.99.